The fourth-order valence-corrected chi connectivity index (χ4v) is 1.94. The van der Waals surface area contributed by atoms with Crippen LogP contribution in [0.15, 0.2) is 18.3 Å². The molecule has 7 heteroatoms. The Morgan fingerprint density at radius 1 is 1.26 bits per heavy atom. The van der Waals surface area contributed by atoms with E-state index in [1.54, 1.807) is 0 Å². The number of halogens is 3. The summed E-state index contributed by atoms with van der Waals surface area (Å²) < 4.78 is 39.4. The Bertz CT molecular complexity index is 574. The monoisotopic (exact) mass is 272 g/mol. The summed E-state index contributed by atoms with van der Waals surface area (Å²) in [5.41, 5.74) is 5.59. The molecule has 2 rings (SSSR count). The molecule has 0 fully saturated rings. The number of hydrogen-bond acceptors (Lipinski definition) is 3. The van der Waals surface area contributed by atoms with Crippen LogP contribution in [0.5, 0.6) is 0 Å². The molecule has 2 N–H and O–H groups in total. The zero-order valence-electron chi connectivity index (χ0n) is 10.6. The quantitative estimate of drug-likeness (QED) is 0.934. The highest BCUT2D eigenvalue weighted by Crippen LogP contribution is 2.29. The molecule has 0 saturated heterocycles. The van der Waals surface area contributed by atoms with Crippen molar-refractivity contribution in [2.24, 2.45) is 11.7 Å². The Morgan fingerprint density at radius 2 is 1.95 bits per heavy atom. The minimum atomic E-state index is -4.39. The Labute approximate surface area is 108 Å². The van der Waals surface area contributed by atoms with Gasteiger partial charge in [-0.05, 0) is 24.5 Å². The Morgan fingerprint density at radius 3 is 2.53 bits per heavy atom. The lowest BCUT2D eigenvalue weighted by Crippen LogP contribution is -2.17. The molecule has 2 heterocycles. The summed E-state index contributed by atoms with van der Waals surface area (Å²) in [5, 5.41) is 7.73. The van der Waals surface area contributed by atoms with Gasteiger partial charge < -0.3 is 5.73 Å². The maximum Gasteiger partial charge on any atom is 0.417 e. The largest absolute Gasteiger partial charge is 0.417 e. The van der Waals surface area contributed by atoms with Gasteiger partial charge in [0.05, 0.1) is 11.6 Å². The molecule has 4 nitrogen and oxygen atoms in total. The summed E-state index contributed by atoms with van der Waals surface area (Å²) in [6.07, 6.45) is -2.76. The smallest absolute Gasteiger partial charge is 0.321 e. The molecule has 1 unspecified atom stereocenters. The predicted octanol–water partition coefficient (Wildman–Crippen LogP) is 2.79. The van der Waals surface area contributed by atoms with E-state index in [4.69, 9.17) is 5.73 Å². The van der Waals surface area contributed by atoms with Crippen LogP contribution in [0.3, 0.4) is 0 Å². The van der Waals surface area contributed by atoms with Crippen LogP contribution < -0.4 is 5.73 Å². The van der Waals surface area contributed by atoms with Gasteiger partial charge in [0.25, 0.3) is 0 Å². The van der Waals surface area contributed by atoms with Crippen LogP contribution in [0.1, 0.15) is 37.7 Å². The first kappa shape index (κ1) is 13.8. The first-order valence-electron chi connectivity index (χ1n) is 5.96. The van der Waals surface area contributed by atoms with E-state index in [9.17, 15) is 13.2 Å². The van der Waals surface area contributed by atoms with Crippen molar-refractivity contribution < 1.29 is 13.2 Å². The van der Waals surface area contributed by atoms with Gasteiger partial charge in [-0.15, -0.1) is 10.2 Å². The number of rotatable bonds is 3. The Kier molecular flexibility index (Phi) is 3.49. The van der Waals surface area contributed by atoms with Crippen LogP contribution in [0, 0.1) is 5.92 Å². The number of fused-ring (bicyclic) bond motifs is 1. The molecule has 0 aromatic carbocycles. The lowest BCUT2D eigenvalue weighted by Gasteiger charge is -2.13. The Hall–Kier alpha value is -1.63. The van der Waals surface area contributed by atoms with Crippen LogP contribution in [-0.2, 0) is 6.18 Å². The van der Waals surface area contributed by atoms with E-state index in [-0.39, 0.29) is 0 Å². The van der Waals surface area contributed by atoms with Gasteiger partial charge >= 0.3 is 6.18 Å². The lowest BCUT2D eigenvalue weighted by molar-refractivity contribution is -0.137. The first-order chi connectivity index (χ1) is 8.79. The average Bonchev–Trinajstić information content (AvgIpc) is 2.69. The fraction of sp³-hybridized carbons (Fsp3) is 0.500. The van der Waals surface area contributed by atoms with Gasteiger partial charge in [-0.25, -0.2) is 0 Å². The Balaban J connectivity index is 2.45. The normalized spacial score (nSPS) is 14.3. The predicted molar refractivity (Wildman–Crippen MR) is 64.4 cm³/mol. The van der Waals surface area contributed by atoms with E-state index in [2.05, 4.69) is 10.2 Å². The van der Waals surface area contributed by atoms with E-state index in [0.717, 1.165) is 12.3 Å². The second-order valence-corrected chi connectivity index (χ2v) is 4.94. The average molecular weight is 272 g/mol. The van der Waals surface area contributed by atoms with E-state index < -0.39 is 17.8 Å². The highest BCUT2D eigenvalue weighted by Gasteiger charge is 2.31. The molecule has 0 aliphatic rings. The SMILES string of the molecule is CC(C)CC(N)c1nnc2ccc(C(F)(F)F)cn12. The molecular formula is C12H15F3N4. The van der Waals surface area contributed by atoms with Crippen molar-refractivity contribution in [3.8, 4) is 0 Å². The maximum atomic E-state index is 12.7. The summed E-state index contributed by atoms with van der Waals surface area (Å²) in [6, 6.07) is 1.85. The summed E-state index contributed by atoms with van der Waals surface area (Å²) in [7, 11) is 0. The van der Waals surface area contributed by atoms with Crippen LogP contribution in [0.25, 0.3) is 5.65 Å². The van der Waals surface area contributed by atoms with E-state index in [0.29, 0.717) is 23.8 Å². The summed E-state index contributed by atoms with van der Waals surface area (Å²) in [5.74, 6) is 0.683. The molecule has 2 aromatic heterocycles. The molecular weight excluding hydrogens is 257 g/mol. The zero-order chi connectivity index (χ0) is 14.2. The molecule has 0 bridgehead atoms. The molecule has 0 amide bonds. The topological polar surface area (TPSA) is 56.2 Å². The van der Waals surface area contributed by atoms with Crippen molar-refractivity contribution in [1.82, 2.24) is 14.6 Å². The highest BCUT2D eigenvalue weighted by atomic mass is 19.4. The summed E-state index contributed by atoms with van der Waals surface area (Å²) in [6.45, 7) is 3.98. The molecule has 0 aliphatic carbocycles. The van der Waals surface area contributed by atoms with Crippen LogP contribution in [0.4, 0.5) is 13.2 Å². The third kappa shape index (κ3) is 2.86. The van der Waals surface area contributed by atoms with Crippen molar-refractivity contribution in [2.75, 3.05) is 0 Å². The zero-order valence-corrected chi connectivity index (χ0v) is 10.6. The maximum absolute atomic E-state index is 12.7. The second-order valence-electron chi connectivity index (χ2n) is 4.94. The van der Waals surface area contributed by atoms with Gasteiger partial charge in [-0.3, -0.25) is 4.40 Å². The van der Waals surface area contributed by atoms with Crippen molar-refractivity contribution >= 4 is 5.65 Å². The summed E-state index contributed by atoms with van der Waals surface area (Å²) in [4.78, 5) is 0. The van der Waals surface area contributed by atoms with E-state index in [1.165, 1.54) is 10.5 Å². The molecule has 1 atom stereocenters. The molecule has 0 radical (unpaired) electrons. The third-order valence-corrected chi connectivity index (χ3v) is 2.81. The first-order valence-corrected chi connectivity index (χ1v) is 5.96. The molecule has 0 aliphatic heterocycles. The van der Waals surface area contributed by atoms with E-state index in [1.807, 2.05) is 13.8 Å². The van der Waals surface area contributed by atoms with Gasteiger partial charge in [-0.2, -0.15) is 13.2 Å². The number of aromatic nitrogens is 3. The number of pyridine rings is 1. The molecule has 19 heavy (non-hydrogen) atoms. The standard InChI is InChI=1S/C12H15F3N4/c1-7(2)5-9(16)11-18-17-10-4-3-8(6-19(10)11)12(13,14)15/h3-4,6-7,9H,5,16H2,1-2H3. The van der Waals surface area contributed by atoms with E-state index >= 15 is 0 Å². The van der Waals surface area contributed by atoms with Crippen molar-refractivity contribution in [3.63, 3.8) is 0 Å². The van der Waals surface area contributed by atoms with Gasteiger partial charge in [0.2, 0.25) is 0 Å². The van der Waals surface area contributed by atoms with Gasteiger partial charge in [-0.1, -0.05) is 13.8 Å². The van der Waals surface area contributed by atoms with Crippen LogP contribution in [-0.4, -0.2) is 14.6 Å². The fourth-order valence-electron chi connectivity index (χ4n) is 1.94. The molecule has 104 valence electrons. The minimum absolute atomic E-state index is 0.327. The highest BCUT2D eigenvalue weighted by molar-refractivity contribution is 5.40. The van der Waals surface area contributed by atoms with Crippen molar-refractivity contribution in [3.05, 3.63) is 29.7 Å². The third-order valence-electron chi connectivity index (χ3n) is 2.81. The van der Waals surface area contributed by atoms with Gasteiger partial charge in [0.1, 0.15) is 0 Å². The molecule has 2 aromatic rings. The summed E-state index contributed by atoms with van der Waals surface area (Å²) >= 11 is 0. The number of hydrogen-bond donors (Lipinski definition) is 1. The van der Waals surface area contributed by atoms with Crippen LogP contribution >= 0.6 is 0 Å². The van der Waals surface area contributed by atoms with Crippen molar-refractivity contribution in [2.45, 2.75) is 32.5 Å². The van der Waals surface area contributed by atoms with Crippen molar-refractivity contribution in [1.29, 1.82) is 0 Å². The number of nitrogens with zero attached hydrogens (tertiary/aromatic N) is 3. The van der Waals surface area contributed by atoms with Crippen LogP contribution in [0.2, 0.25) is 0 Å². The molecule has 0 saturated carbocycles. The minimum Gasteiger partial charge on any atom is -0.321 e. The number of nitrogens with two attached hydrogens (primary N) is 1. The molecule has 0 spiro atoms. The van der Waals surface area contributed by atoms with Gasteiger partial charge in [0.15, 0.2) is 11.5 Å². The second kappa shape index (κ2) is 4.80. The lowest BCUT2D eigenvalue weighted by atomic mass is 10.0. The van der Waals surface area contributed by atoms with Gasteiger partial charge in [0, 0.05) is 6.20 Å². The number of alkyl halides is 3.